The largest absolute Gasteiger partial charge is 0.489 e. The van der Waals surface area contributed by atoms with E-state index in [4.69, 9.17) is 4.74 Å². The summed E-state index contributed by atoms with van der Waals surface area (Å²) in [6.45, 7) is 9.53. The number of aryl methyl sites for hydroxylation is 2. The van der Waals surface area contributed by atoms with Crippen LogP contribution in [0, 0.1) is 22.7 Å². The standard InChI is InChI=1S/C30H38O2/c1-5-21-16-25-22(17-27(21)32-19-20-10-7-6-8-11-20)13-14-24-23(25)12-9-15-30(4)26(24)18-29(2,3)28(30)31/h6-8,10-11,16-17,23-24,26H,5,9,12-15,18-19H2,1-4H3. The molecule has 32 heavy (non-hydrogen) atoms. The lowest BCUT2D eigenvalue weighted by Crippen LogP contribution is -2.36. The highest BCUT2D eigenvalue weighted by Gasteiger charge is 2.59. The third-order valence-electron chi connectivity index (χ3n) is 9.01. The van der Waals surface area contributed by atoms with Gasteiger partial charge in [-0.3, -0.25) is 4.79 Å². The summed E-state index contributed by atoms with van der Waals surface area (Å²) in [5.41, 5.74) is 5.31. The number of carbonyl (C=O) groups is 1. The van der Waals surface area contributed by atoms with Gasteiger partial charge in [0.05, 0.1) is 0 Å². The van der Waals surface area contributed by atoms with Crippen LogP contribution in [0.1, 0.15) is 88.0 Å². The monoisotopic (exact) mass is 430 g/mol. The lowest BCUT2D eigenvalue weighted by molar-refractivity contribution is -0.133. The van der Waals surface area contributed by atoms with E-state index in [9.17, 15) is 4.79 Å². The topological polar surface area (TPSA) is 26.3 Å². The molecule has 170 valence electrons. The SMILES string of the molecule is CCc1cc2c(cc1OCc1ccccc1)CCC1C2CCCC2(C)C(=O)C(C)(C)CC12. The summed E-state index contributed by atoms with van der Waals surface area (Å²) < 4.78 is 6.32. The second kappa shape index (κ2) is 8.04. The summed E-state index contributed by atoms with van der Waals surface area (Å²) in [7, 11) is 0. The Hall–Kier alpha value is -2.09. The van der Waals surface area contributed by atoms with Crippen LogP contribution >= 0.6 is 0 Å². The number of hydrogen-bond acceptors (Lipinski definition) is 2. The van der Waals surface area contributed by atoms with Crippen LogP contribution < -0.4 is 4.74 Å². The number of hydrogen-bond donors (Lipinski definition) is 0. The van der Waals surface area contributed by atoms with Crippen molar-refractivity contribution in [1.82, 2.24) is 0 Å². The maximum absolute atomic E-state index is 13.4. The Balaban J connectivity index is 1.45. The Morgan fingerprint density at radius 2 is 1.84 bits per heavy atom. The van der Waals surface area contributed by atoms with E-state index in [0.717, 1.165) is 31.4 Å². The molecular weight excluding hydrogens is 392 g/mol. The average molecular weight is 431 g/mol. The quantitative estimate of drug-likeness (QED) is 0.509. The molecule has 0 N–H and O–H groups in total. The van der Waals surface area contributed by atoms with Crippen molar-refractivity contribution >= 4 is 5.78 Å². The Morgan fingerprint density at radius 3 is 2.59 bits per heavy atom. The Morgan fingerprint density at radius 1 is 1.06 bits per heavy atom. The van der Waals surface area contributed by atoms with Gasteiger partial charge >= 0.3 is 0 Å². The zero-order chi connectivity index (χ0) is 22.5. The fourth-order valence-corrected chi connectivity index (χ4v) is 7.42. The molecule has 2 saturated carbocycles. The third-order valence-corrected chi connectivity index (χ3v) is 9.01. The molecule has 3 aliphatic rings. The molecule has 0 aliphatic heterocycles. The molecule has 2 heteroatoms. The van der Waals surface area contributed by atoms with Crippen molar-refractivity contribution in [3.8, 4) is 5.75 Å². The highest BCUT2D eigenvalue weighted by molar-refractivity contribution is 5.92. The second-order valence-corrected chi connectivity index (χ2v) is 11.4. The summed E-state index contributed by atoms with van der Waals surface area (Å²) in [6, 6.07) is 15.3. The van der Waals surface area contributed by atoms with Gasteiger partial charge in [0, 0.05) is 10.8 Å². The van der Waals surface area contributed by atoms with Crippen LogP contribution in [-0.4, -0.2) is 5.78 Å². The van der Waals surface area contributed by atoms with Gasteiger partial charge in [-0.15, -0.1) is 0 Å². The molecule has 2 aromatic rings. The molecule has 5 rings (SSSR count). The highest BCUT2D eigenvalue weighted by atomic mass is 16.5. The smallest absolute Gasteiger partial charge is 0.144 e. The van der Waals surface area contributed by atoms with Gasteiger partial charge in [0.1, 0.15) is 18.1 Å². The first-order valence-electron chi connectivity index (χ1n) is 12.7. The predicted octanol–water partition coefficient (Wildman–Crippen LogP) is 7.28. The Kier molecular flexibility index (Phi) is 5.47. The summed E-state index contributed by atoms with van der Waals surface area (Å²) in [5, 5.41) is 0. The van der Waals surface area contributed by atoms with Crippen LogP contribution in [0.3, 0.4) is 0 Å². The van der Waals surface area contributed by atoms with E-state index >= 15 is 0 Å². The lowest BCUT2D eigenvalue weighted by atomic mass is 9.63. The van der Waals surface area contributed by atoms with Crippen LogP contribution in [0.4, 0.5) is 0 Å². The average Bonchev–Trinajstić information content (AvgIpc) is 2.89. The molecule has 2 fully saturated rings. The van der Waals surface area contributed by atoms with Crippen molar-refractivity contribution in [2.45, 2.75) is 85.2 Å². The summed E-state index contributed by atoms with van der Waals surface area (Å²) >= 11 is 0. The Bertz CT molecular complexity index is 1000. The van der Waals surface area contributed by atoms with Crippen LogP contribution in [0.15, 0.2) is 42.5 Å². The minimum Gasteiger partial charge on any atom is -0.489 e. The molecule has 0 heterocycles. The third kappa shape index (κ3) is 3.51. The molecule has 0 bridgehead atoms. The van der Waals surface area contributed by atoms with E-state index in [0.29, 0.717) is 30.1 Å². The van der Waals surface area contributed by atoms with E-state index in [1.54, 1.807) is 5.56 Å². The van der Waals surface area contributed by atoms with E-state index in [-0.39, 0.29) is 10.8 Å². The maximum Gasteiger partial charge on any atom is 0.144 e. The van der Waals surface area contributed by atoms with Crippen molar-refractivity contribution in [3.63, 3.8) is 0 Å². The number of ketones is 1. The first-order chi connectivity index (χ1) is 15.3. The first kappa shape index (κ1) is 21.7. The molecule has 4 atom stereocenters. The second-order valence-electron chi connectivity index (χ2n) is 11.4. The minimum absolute atomic E-state index is 0.118. The normalized spacial score (nSPS) is 30.8. The van der Waals surface area contributed by atoms with Gasteiger partial charge in [-0.25, -0.2) is 0 Å². The molecule has 2 aromatic carbocycles. The van der Waals surface area contributed by atoms with Crippen molar-refractivity contribution in [1.29, 1.82) is 0 Å². The fraction of sp³-hybridized carbons (Fsp3) is 0.567. The first-order valence-corrected chi connectivity index (χ1v) is 12.7. The molecule has 0 saturated heterocycles. The van der Waals surface area contributed by atoms with Gasteiger partial charge in [0.2, 0.25) is 0 Å². The zero-order valence-corrected chi connectivity index (χ0v) is 20.2. The van der Waals surface area contributed by atoms with Crippen molar-refractivity contribution < 1.29 is 9.53 Å². The maximum atomic E-state index is 13.4. The van der Waals surface area contributed by atoms with Gasteiger partial charge < -0.3 is 4.74 Å². The van der Waals surface area contributed by atoms with Gasteiger partial charge in [0.15, 0.2) is 0 Å². The Labute approximate surface area is 193 Å². The number of fused-ring (bicyclic) bond motifs is 5. The summed E-state index contributed by atoms with van der Waals surface area (Å²) in [5.74, 6) is 3.36. The van der Waals surface area contributed by atoms with Gasteiger partial charge in [-0.05, 0) is 84.6 Å². The van der Waals surface area contributed by atoms with E-state index in [1.165, 1.54) is 36.0 Å². The highest BCUT2D eigenvalue weighted by Crippen LogP contribution is 2.61. The van der Waals surface area contributed by atoms with Crippen LogP contribution in [-0.2, 0) is 24.2 Å². The molecular formula is C30H38O2. The molecule has 3 aliphatic carbocycles. The predicted molar refractivity (Wildman–Crippen MR) is 130 cm³/mol. The minimum atomic E-state index is -0.161. The van der Waals surface area contributed by atoms with Gasteiger partial charge in [-0.2, -0.15) is 0 Å². The van der Waals surface area contributed by atoms with Crippen molar-refractivity contribution in [2.75, 3.05) is 0 Å². The molecule has 2 nitrogen and oxygen atoms in total. The van der Waals surface area contributed by atoms with Crippen LogP contribution in [0.25, 0.3) is 0 Å². The number of Topliss-reactive ketones (excluding diaryl/α,β-unsaturated/α-hetero) is 1. The molecule has 4 unspecified atom stereocenters. The molecule has 0 spiro atoms. The van der Waals surface area contributed by atoms with Crippen LogP contribution in [0.5, 0.6) is 5.75 Å². The van der Waals surface area contributed by atoms with Gasteiger partial charge in [-0.1, -0.05) is 70.5 Å². The van der Waals surface area contributed by atoms with Gasteiger partial charge in [0.25, 0.3) is 0 Å². The van der Waals surface area contributed by atoms with E-state index in [2.05, 4.69) is 64.1 Å². The van der Waals surface area contributed by atoms with E-state index in [1.807, 2.05) is 6.07 Å². The summed E-state index contributed by atoms with van der Waals surface area (Å²) in [4.78, 5) is 13.4. The van der Waals surface area contributed by atoms with Crippen molar-refractivity contribution in [3.05, 3.63) is 64.7 Å². The molecule has 0 aromatic heterocycles. The lowest BCUT2D eigenvalue weighted by Gasteiger charge is -2.40. The molecule has 0 radical (unpaired) electrons. The fourth-order valence-electron chi connectivity index (χ4n) is 7.42. The summed E-state index contributed by atoms with van der Waals surface area (Å²) in [6.07, 6.45) is 7.85. The number of benzene rings is 2. The number of carbonyl (C=O) groups excluding carboxylic acids is 1. The number of ether oxygens (including phenoxy) is 1. The van der Waals surface area contributed by atoms with E-state index < -0.39 is 0 Å². The van der Waals surface area contributed by atoms with Crippen molar-refractivity contribution in [2.24, 2.45) is 22.7 Å². The number of rotatable bonds is 4. The zero-order valence-electron chi connectivity index (χ0n) is 20.2. The van der Waals surface area contributed by atoms with Crippen LogP contribution in [0.2, 0.25) is 0 Å². The molecule has 0 amide bonds.